The van der Waals surface area contributed by atoms with Crippen molar-refractivity contribution < 1.29 is 9.31 Å². The van der Waals surface area contributed by atoms with Crippen molar-refractivity contribution in [1.82, 2.24) is 5.32 Å². The van der Waals surface area contributed by atoms with Crippen LogP contribution in [0.4, 0.5) is 10.1 Å². The van der Waals surface area contributed by atoms with Gasteiger partial charge < -0.3 is 5.32 Å². The lowest BCUT2D eigenvalue weighted by Crippen LogP contribution is -2.13. The zero-order valence-corrected chi connectivity index (χ0v) is 12.1. The van der Waals surface area contributed by atoms with Gasteiger partial charge in [0, 0.05) is 29.7 Å². The van der Waals surface area contributed by atoms with E-state index in [1.165, 1.54) is 24.3 Å². The number of hydrogen-bond acceptors (Lipinski definition) is 3. The van der Waals surface area contributed by atoms with Crippen LogP contribution in [0.2, 0.25) is 0 Å². The molecule has 0 unspecified atom stereocenters. The van der Waals surface area contributed by atoms with Crippen molar-refractivity contribution in [3.05, 3.63) is 74.0 Å². The van der Waals surface area contributed by atoms with Gasteiger partial charge in [0.25, 0.3) is 5.69 Å². The molecule has 0 bridgehead atoms. The number of halogens is 2. The smallest absolute Gasteiger partial charge is 0.269 e. The summed E-state index contributed by atoms with van der Waals surface area (Å²) < 4.78 is 13.9. The number of nitrogens with one attached hydrogen (secondary N) is 1. The first-order valence-corrected chi connectivity index (χ1v) is 6.73. The van der Waals surface area contributed by atoms with Crippen LogP contribution in [0.3, 0.4) is 0 Å². The Bertz CT molecular complexity index is 634. The lowest BCUT2D eigenvalue weighted by Gasteiger charge is -2.07. The maximum Gasteiger partial charge on any atom is 0.269 e. The van der Waals surface area contributed by atoms with Crippen LogP contribution in [0.15, 0.2) is 46.9 Å². The van der Waals surface area contributed by atoms with Gasteiger partial charge in [0.1, 0.15) is 5.82 Å². The van der Waals surface area contributed by atoms with Crippen LogP contribution in [-0.4, -0.2) is 4.92 Å². The summed E-state index contributed by atoms with van der Waals surface area (Å²) in [5, 5.41) is 13.8. The number of non-ortho nitro benzene ring substituents is 1. The first-order valence-electron chi connectivity index (χ1n) is 5.94. The molecule has 4 nitrogen and oxygen atoms in total. The Morgan fingerprint density at radius 3 is 2.75 bits per heavy atom. The van der Waals surface area contributed by atoms with E-state index in [-0.39, 0.29) is 11.5 Å². The summed E-state index contributed by atoms with van der Waals surface area (Å²) in [4.78, 5) is 10.2. The number of benzene rings is 2. The van der Waals surface area contributed by atoms with Gasteiger partial charge in [0.05, 0.1) is 4.92 Å². The van der Waals surface area contributed by atoms with Crippen LogP contribution in [0.1, 0.15) is 11.1 Å². The molecule has 0 saturated carbocycles. The van der Waals surface area contributed by atoms with Gasteiger partial charge in [-0.05, 0) is 29.3 Å². The molecule has 6 heteroatoms. The Morgan fingerprint density at radius 2 is 2.00 bits per heavy atom. The molecule has 0 aromatic heterocycles. The highest BCUT2D eigenvalue weighted by atomic mass is 79.9. The van der Waals surface area contributed by atoms with Gasteiger partial charge in [-0.2, -0.15) is 0 Å². The zero-order valence-electron chi connectivity index (χ0n) is 10.5. The van der Waals surface area contributed by atoms with E-state index in [0.29, 0.717) is 13.1 Å². The van der Waals surface area contributed by atoms with Crippen molar-refractivity contribution in [3.8, 4) is 0 Å². The Balaban J connectivity index is 1.97. The highest BCUT2D eigenvalue weighted by Crippen LogP contribution is 2.18. The van der Waals surface area contributed by atoms with Crippen molar-refractivity contribution in [2.24, 2.45) is 0 Å². The van der Waals surface area contributed by atoms with Gasteiger partial charge in [-0.1, -0.05) is 28.1 Å². The van der Waals surface area contributed by atoms with E-state index in [1.807, 2.05) is 0 Å². The fourth-order valence-electron chi connectivity index (χ4n) is 1.80. The van der Waals surface area contributed by atoms with Crippen LogP contribution in [-0.2, 0) is 13.1 Å². The summed E-state index contributed by atoms with van der Waals surface area (Å²) >= 11 is 3.35. The molecule has 2 aromatic rings. The van der Waals surface area contributed by atoms with Crippen LogP contribution >= 0.6 is 15.9 Å². The topological polar surface area (TPSA) is 55.2 Å². The number of nitro groups is 1. The minimum atomic E-state index is -0.424. The summed E-state index contributed by atoms with van der Waals surface area (Å²) in [5.41, 5.74) is 1.68. The second-order valence-corrected chi connectivity index (χ2v) is 5.12. The lowest BCUT2D eigenvalue weighted by atomic mass is 10.2. The third kappa shape index (κ3) is 3.85. The van der Waals surface area contributed by atoms with E-state index >= 15 is 0 Å². The molecular formula is C14H12BrFN2O2. The molecule has 2 rings (SSSR count). The lowest BCUT2D eigenvalue weighted by molar-refractivity contribution is -0.384. The Morgan fingerprint density at radius 1 is 1.20 bits per heavy atom. The van der Waals surface area contributed by atoms with Crippen molar-refractivity contribution in [2.75, 3.05) is 0 Å². The third-order valence-corrected chi connectivity index (χ3v) is 3.55. The van der Waals surface area contributed by atoms with E-state index in [4.69, 9.17) is 0 Å². The number of rotatable bonds is 5. The summed E-state index contributed by atoms with van der Waals surface area (Å²) in [6.07, 6.45) is 0. The molecule has 0 atom stereocenters. The zero-order chi connectivity index (χ0) is 14.5. The quantitative estimate of drug-likeness (QED) is 0.666. The van der Waals surface area contributed by atoms with E-state index < -0.39 is 4.92 Å². The molecule has 0 heterocycles. The molecule has 20 heavy (non-hydrogen) atoms. The summed E-state index contributed by atoms with van der Waals surface area (Å²) in [5.74, 6) is -0.291. The van der Waals surface area contributed by atoms with Gasteiger partial charge >= 0.3 is 0 Å². The standard InChI is InChI=1S/C14H12BrFN2O2/c15-14-5-4-12(16)7-11(14)9-17-8-10-2-1-3-13(6-10)18(19)20/h1-7,17H,8-9H2. The van der Waals surface area contributed by atoms with Gasteiger partial charge in [0.15, 0.2) is 0 Å². The third-order valence-electron chi connectivity index (χ3n) is 2.77. The van der Waals surface area contributed by atoms with Crippen molar-refractivity contribution in [3.63, 3.8) is 0 Å². The number of hydrogen-bond donors (Lipinski definition) is 1. The fraction of sp³-hybridized carbons (Fsp3) is 0.143. The second kappa shape index (κ2) is 6.58. The summed E-state index contributed by atoms with van der Waals surface area (Å²) in [7, 11) is 0. The Labute approximate surface area is 123 Å². The normalized spacial score (nSPS) is 10.5. The first-order chi connectivity index (χ1) is 9.56. The SMILES string of the molecule is O=[N+]([O-])c1cccc(CNCc2cc(F)ccc2Br)c1. The molecule has 1 N–H and O–H groups in total. The predicted molar refractivity (Wildman–Crippen MR) is 77.7 cm³/mol. The van der Waals surface area contributed by atoms with E-state index in [2.05, 4.69) is 21.2 Å². The largest absolute Gasteiger partial charge is 0.309 e. The maximum absolute atomic E-state index is 13.1. The maximum atomic E-state index is 13.1. The van der Waals surface area contributed by atoms with Gasteiger partial charge in [-0.3, -0.25) is 10.1 Å². The average Bonchev–Trinajstić information content (AvgIpc) is 2.43. The molecule has 0 fully saturated rings. The highest BCUT2D eigenvalue weighted by molar-refractivity contribution is 9.10. The molecule has 104 valence electrons. The van der Waals surface area contributed by atoms with Crippen molar-refractivity contribution >= 4 is 21.6 Å². The van der Waals surface area contributed by atoms with Crippen LogP contribution < -0.4 is 5.32 Å². The first kappa shape index (κ1) is 14.6. The van der Waals surface area contributed by atoms with Gasteiger partial charge in [-0.15, -0.1) is 0 Å². The second-order valence-electron chi connectivity index (χ2n) is 4.27. The minimum absolute atomic E-state index is 0.0660. The monoisotopic (exact) mass is 338 g/mol. The fourth-order valence-corrected chi connectivity index (χ4v) is 2.19. The molecule has 0 amide bonds. The van der Waals surface area contributed by atoms with Crippen LogP contribution in [0.5, 0.6) is 0 Å². The molecule has 2 aromatic carbocycles. The van der Waals surface area contributed by atoms with Gasteiger partial charge in [-0.25, -0.2) is 4.39 Å². The molecular weight excluding hydrogens is 327 g/mol. The Hall–Kier alpha value is -1.79. The van der Waals surface area contributed by atoms with E-state index in [0.717, 1.165) is 15.6 Å². The molecule has 0 radical (unpaired) electrons. The number of nitrogens with zero attached hydrogens (tertiary/aromatic N) is 1. The predicted octanol–water partition coefficient (Wildman–Crippen LogP) is 3.79. The average molecular weight is 339 g/mol. The minimum Gasteiger partial charge on any atom is -0.309 e. The molecule has 0 aliphatic rings. The van der Waals surface area contributed by atoms with E-state index in [1.54, 1.807) is 18.2 Å². The summed E-state index contributed by atoms with van der Waals surface area (Å²) in [6, 6.07) is 10.9. The molecule has 0 saturated heterocycles. The van der Waals surface area contributed by atoms with Gasteiger partial charge in [0.2, 0.25) is 0 Å². The molecule has 0 spiro atoms. The van der Waals surface area contributed by atoms with Crippen LogP contribution in [0.25, 0.3) is 0 Å². The van der Waals surface area contributed by atoms with Crippen molar-refractivity contribution in [2.45, 2.75) is 13.1 Å². The molecule has 0 aliphatic carbocycles. The number of nitro benzene ring substituents is 1. The van der Waals surface area contributed by atoms with Crippen molar-refractivity contribution in [1.29, 1.82) is 0 Å². The Kier molecular flexibility index (Phi) is 4.81. The summed E-state index contributed by atoms with van der Waals surface area (Å²) in [6.45, 7) is 0.950. The molecule has 0 aliphatic heterocycles. The highest BCUT2D eigenvalue weighted by Gasteiger charge is 2.06. The van der Waals surface area contributed by atoms with E-state index in [9.17, 15) is 14.5 Å². The van der Waals surface area contributed by atoms with Crippen LogP contribution in [0, 0.1) is 15.9 Å².